The molecule has 0 aliphatic carbocycles. The van der Waals surface area contributed by atoms with Gasteiger partial charge in [-0.15, -0.1) is 0 Å². The number of hydrogen-bond donors (Lipinski definition) is 0. The van der Waals surface area contributed by atoms with E-state index in [1.807, 2.05) is 38.1 Å². The molecule has 1 aliphatic heterocycles. The molecule has 1 aromatic carbocycles. The second-order valence-electron chi connectivity index (χ2n) is 5.97. The number of rotatable bonds is 5. The molecule has 2 amide bonds. The van der Waals surface area contributed by atoms with Crippen molar-refractivity contribution < 1.29 is 9.59 Å². The van der Waals surface area contributed by atoms with Crippen molar-refractivity contribution in [3.8, 4) is 0 Å². The van der Waals surface area contributed by atoms with Gasteiger partial charge in [-0.1, -0.05) is 23.7 Å². The van der Waals surface area contributed by atoms with Crippen LogP contribution in [0.2, 0.25) is 5.02 Å². The van der Waals surface area contributed by atoms with Crippen LogP contribution in [0.1, 0.15) is 40.4 Å². The van der Waals surface area contributed by atoms with Crippen LogP contribution in [0.4, 0.5) is 0 Å². The number of hydrogen-bond acceptors (Lipinski definition) is 3. The topological polar surface area (TPSA) is 58.4 Å². The van der Waals surface area contributed by atoms with Gasteiger partial charge < -0.3 is 9.80 Å². The summed E-state index contributed by atoms with van der Waals surface area (Å²) < 4.78 is 1.64. The number of carbonyl (C=O) groups is 2. The first kappa shape index (κ1) is 17.5. The zero-order valence-corrected chi connectivity index (χ0v) is 15.2. The van der Waals surface area contributed by atoms with E-state index >= 15 is 0 Å². The summed E-state index contributed by atoms with van der Waals surface area (Å²) in [6.07, 6.45) is 0. The molecule has 0 bridgehead atoms. The van der Waals surface area contributed by atoms with Crippen LogP contribution in [0.5, 0.6) is 0 Å². The molecule has 0 atom stereocenters. The van der Waals surface area contributed by atoms with Gasteiger partial charge in [-0.3, -0.25) is 14.3 Å². The van der Waals surface area contributed by atoms with Gasteiger partial charge in [-0.25, -0.2) is 0 Å². The van der Waals surface area contributed by atoms with Crippen molar-refractivity contribution >= 4 is 23.4 Å². The van der Waals surface area contributed by atoms with E-state index in [1.54, 1.807) is 20.5 Å². The highest BCUT2D eigenvalue weighted by molar-refractivity contribution is 6.30. The van der Waals surface area contributed by atoms with E-state index in [0.29, 0.717) is 49.1 Å². The van der Waals surface area contributed by atoms with Crippen molar-refractivity contribution in [1.29, 1.82) is 0 Å². The molecule has 25 heavy (non-hydrogen) atoms. The Balaban J connectivity index is 1.78. The van der Waals surface area contributed by atoms with Gasteiger partial charge in [-0.05, 0) is 31.5 Å². The molecular formula is C18H21ClN4O2. The van der Waals surface area contributed by atoms with Gasteiger partial charge in [0.15, 0.2) is 5.69 Å². The van der Waals surface area contributed by atoms with Gasteiger partial charge in [0, 0.05) is 37.3 Å². The third kappa shape index (κ3) is 3.54. The molecule has 3 rings (SSSR count). The average molecular weight is 361 g/mol. The fourth-order valence-electron chi connectivity index (χ4n) is 2.98. The lowest BCUT2D eigenvalue weighted by molar-refractivity contribution is 0.0681. The summed E-state index contributed by atoms with van der Waals surface area (Å²) in [5.41, 5.74) is 1.82. The molecule has 6 nitrogen and oxygen atoms in total. The van der Waals surface area contributed by atoms with Gasteiger partial charge in [0.1, 0.15) is 5.69 Å². The minimum absolute atomic E-state index is 0.104. The Morgan fingerprint density at radius 2 is 1.88 bits per heavy atom. The van der Waals surface area contributed by atoms with Crippen LogP contribution in [0.25, 0.3) is 0 Å². The summed E-state index contributed by atoms with van der Waals surface area (Å²) in [6, 6.07) is 9.07. The third-order valence-electron chi connectivity index (χ3n) is 4.42. The summed E-state index contributed by atoms with van der Waals surface area (Å²) in [5, 5.41) is 5.00. The molecule has 0 saturated carbocycles. The number of fused-ring (bicyclic) bond motifs is 1. The van der Waals surface area contributed by atoms with Crippen molar-refractivity contribution in [2.45, 2.75) is 26.9 Å². The quantitative estimate of drug-likeness (QED) is 0.823. The van der Waals surface area contributed by atoms with Gasteiger partial charge in [0.05, 0.1) is 6.54 Å². The van der Waals surface area contributed by atoms with Crippen molar-refractivity contribution in [2.24, 2.45) is 0 Å². The largest absolute Gasteiger partial charge is 0.338 e. The zero-order valence-electron chi connectivity index (χ0n) is 14.4. The monoisotopic (exact) mass is 360 g/mol. The molecule has 2 heterocycles. The molecular weight excluding hydrogens is 340 g/mol. The molecule has 0 radical (unpaired) electrons. The maximum atomic E-state index is 12.7. The second kappa shape index (κ2) is 7.27. The second-order valence-corrected chi connectivity index (χ2v) is 6.41. The van der Waals surface area contributed by atoms with E-state index in [4.69, 9.17) is 11.6 Å². The molecule has 0 saturated heterocycles. The molecule has 0 unspecified atom stereocenters. The zero-order chi connectivity index (χ0) is 18.0. The van der Waals surface area contributed by atoms with E-state index in [-0.39, 0.29) is 11.8 Å². The minimum Gasteiger partial charge on any atom is -0.338 e. The normalized spacial score (nSPS) is 13.7. The summed E-state index contributed by atoms with van der Waals surface area (Å²) >= 11 is 5.90. The van der Waals surface area contributed by atoms with Crippen molar-refractivity contribution in [3.05, 3.63) is 52.3 Å². The van der Waals surface area contributed by atoms with Crippen LogP contribution in [-0.4, -0.2) is 51.0 Å². The minimum atomic E-state index is -0.135. The highest BCUT2D eigenvalue weighted by atomic mass is 35.5. The van der Waals surface area contributed by atoms with Crippen LogP contribution in [0, 0.1) is 0 Å². The van der Waals surface area contributed by atoms with E-state index < -0.39 is 0 Å². The lowest BCUT2D eigenvalue weighted by atomic mass is 10.2. The number of nitrogens with zero attached hydrogens (tertiary/aromatic N) is 4. The number of aromatic nitrogens is 2. The van der Waals surface area contributed by atoms with Crippen LogP contribution < -0.4 is 0 Å². The Bertz CT molecular complexity index is 781. The number of benzene rings is 1. The molecule has 0 fully saturated rings. The molecule has 1 aromatic heterocycles. The Morgan fingerprint density at radius 1 is 1.20 bits per heavy atom. The summed E-state index contributed by atoms with van der Waals surface area (Å²) in [6.45, 7) is 6.75. The highest BCUT2D eigenvalue weighted by Crippen LogP contribution is 2.18. The predicted octanol–water partition coefficient (Wildman–Crippen LogP) is 2.67. The Labute approximate surface area is 152 Å². The van der Waals surface area contributed by atoms with E-state index in [0.717, 1.165) is 5.56 Å². The maximum absolute atomic E-state index is 12.7. The summed E-state index contributed by atoms with van der Waals surface area (Å²) in [4.78, 5) is 28.7. The SMILES string of the molecule is CCN(CC)C(=O)c1cc2n(n1)CCN(Cc1ccc(Cl)cc1)C2=O. The summed E-state index contributed by atoms with van der Waals surface area (Å²) in [7, 11) is 0. The van der Waals surface area contributed by atoms with Gasteiger partial charge in [0.25, 0.3) is 11.8 Å². The lowest BCUT2D eigenvalue weighted by Crippen LogP contribution is -2.39. The molecule has 132 valence electrons. The highest BCUT2D eigenvalue weighted by Gasteiger charge is 2.28. The standard InChI is InChI=1S/C18H21ClN4O2/c1-3-21(4-2)17(24)15-11-16-18(25)22(9-10-23(16)20-15)12-13-5-7-14(19)8-6-13/h5-8,11H,3-4,9-10,12H2,1-2H3. The van der Waals surface area contributed by atoms with Crippen molar-refractivity contribution in [1.82, 2.24) is 19.6 Å². The average Bonchev–Trinajstić information content (AvgIpc) is 3.05. The molecule has 2 aromatic rings. The van der Waals surface area contributed by atoms with Crippen LogP contribution in [0.15, 0.2) is 30.3 Å². The Kier molecular flexibility index (Phi) is 5.08. The first-order chi connectivity index (χ1) is 12.0. The first-order valence-electron chi connectivity index (χ1n) is 8.44. The van der Waals surface area contributed by atoms with Crippen molar-refractivity contribution in [2.75, 3.05) is 19.6 Å². The van der Waals surface area contributed by atoms with Crippen LogP contribution in [0.3, 0.4) is 0 Å². The van der Waals surface area contributed by atoms with Gasteiger partial charge in [-0.2, -0.15) is 5.10 Å². The van der Waals surface area contributed by atoms with Crippen molar-refractivity contribution in [3.63, 3.8) is 0 Å². The predicted molar refractivity (Wildman–Crippen MR) is 95.7 cm³/mol. The molecule has 0 spiro atoms. The Morgan fingerprint density at radius 3 is 2.52 bits per heavy atom. The Hall–Kier alpha value is -2.34. The number of carbonyl (C=O) groups excluding carboxylic acids is 2. The number of amides is 2. The van der Waals surface area contributed by atoms with E-state index in [9.17, 15) is 9.59 Å². The van der Waals surface area contributed by atoms with Gasteiger partial charge in [0.2, 0.25) is 0 Å². The van der Waals surface area contributed by atoms with Crippen LogP contribution in [-0.2, 0) is 13.1 Å². The first-order valence-corrected chi connectivity index (χ1v) is 8.82. The number of halogens is 1. The van der Waals surface area contributed by atoms with Crippen LogP contribution >= 0.6 is 11.6 Å². The fourth-order valence-corrected chi connectivity index (χ4v) is 3.10. The molecule has 1 aliphatic rings. The smallest absolute Gasteiger partial charge is 0.274 e. The summed E-state index contributed by atoms with van der Waals surface area (Å²) in [5.74, 6) is -0.240. The molecule has 0 N–H and O–H groups in total. The fraction of sp³-hybridized carbons (Fsp3) is 0.389. The maximum Gasteiger partial charge on any atom is 0.274 e. The van der Waals surface area contributed by atoms with E-state index in [1.165, 1.54) is 0 Å². The molecule has 7 heteroatoms. The van der Waals surface area contributed by atoms with Gasteiger partial charge >= 0.3 is 0 Å². The lowest BCUT2D eigenvalue weighted by Gasteiger charge is -2.27. The third-order valence-corrected chi connectivity index (χ3v) is 4.68. The van der Waals surface area contributed by atoms with E-state index in [2.05, 4.69) is 5.10 Å².